The summed E-state index contributed by atoms with van der Waals surface area (Å²) in [5.74, 6) is 1.98. The van der Waals surface area contributed by atoms with Gasteiger partial charge < -0.3 is 24.4 Å². The fourth-order valence-corrected chi connectivity index (χ4v) is 8.74. The third kappa shape index (κ3) is 52.8. The van der Waals surface area contributed by atoms with E-state index in [0.29, 0.717) is 18.8 Å². The van der Waals surface area contributed by atoms with Crippen molar-refractivity contribution in [3.63, 3.8) is 0 Å². The highest BCUT2D eigenvalue weighted by molar-refractivity contribution is 5.63. The Labute approximate surface area is 388 Å². The minimum Gasteiger partial charge on any atom is -0.483 e. The maximum Gasteiger partial charge on any atom is 0.290 e. The molecule has 7 nitrogen and oxygen atoms in total. The second-order valence-electron chi connectivity index (χ2n) is 18.5. The molecule has 0 aromatic rings. The molecule has 1 aliphatic rings. The quantitative estimate of drug-likeness (QED) is 0.0371. The number of likely N-dealkylation sites (N-methyl/N-ethyl adjacent to an activating group) is 1. The van der Waals surface area contributed by atoms with Gasteiger partial charge in [-0.1, -0.05) is 240 Å². The summed E-state index contributed by atoms with van der Waals surface area (Å²) >= 11 is 0. The first kappa shape index (κ1) is 64.7. The molecule has 0 radical (unpaired) electrons. The zero-order chi connectivity index (χ0) is 46.4. The summed E-state index contributed by atoms with van der Waals surface area (Å²) < 4.78 is 5.82. The number of hydrogen-bond donors (Lipinski definition) is 1. The van der Waals surface area contributed by atoms with E-state index in [1.807, 2.05) is 7.11 Å². The van der Waals surface area contributed by atoms with Crippen LogP contribution < -0.4 is 0 Å². The van der Waals surface area contributed by atoms with Crippen LogP contribution in [0.25, 0.3) is 0 Å². The number of carbonyl (C=O) groups excluding carboxylic acids is 2. The van der Waals surface area contributed by atoms with Crippen LogP contribution in [0.5, 0.6) is 0 Å². The predicted octanol–water partition coefficient (Wildman–Crippen LogP) is 15.9. The summed E-state index contributed by atoms with van der Waals surface area (Å²) in [6, 6.07) is 0. The number of piperazine rings is 1. The summed E-state index contributed by atoms with van der Waals surface area (Å²) in [5, 5.41) is 6.89. The fourth-order valence-electron chi connectivity index (χ4n) is 8.74. The Bertz CT molecular complexity index is 809. The van der Waals surface area contributed by atoms with Gasteiger partial charge in [0.05, 0.1) is 6.10 Å². The van der Waals surface area contributed by atoms with E-state index < -0.39 is 0 Å². The van der Waals surface area contributed by atoms with Gasteiger partial charge in [0.15, 0.2) is 0 Å². The predicted molar refractivity (Wildman–Crippen MR) is 272 cm³/mol. The molecule has 0 unspecified atom stereocenters. The number of methoxy groups -OCH3 is 1. The van der Waals surface area contributed by atoms with Crippen LogP contribution in [0.4, 0.5) is 0 Å². The Hall–Kier alpha value is -1.57. The van der Waals surface area contributed by atoms with E-state index in [1.165, 1.54) is 237 Å². The molecular formula is C55H110N2O5. The van der Waals surface area contributed by atoms with Crippen molar-refractivity contribution in [3.05, 3.63) is 12.7 Å². The standard InChI is InChI=1S/C42H86O.C9H18N2O.C3H4O.CH2O2/c1-6-40(7-2)36-32-28-24-20-16-12-10-14-18-22-26-30-34-38-42(43-5)39-35-31-27-23-19-15-11-13-17-21-25-29-33-37-41(8-3)9-4;1-10-5-7-11(8-6-10)4-2-3-9-12;1-2-3-4;2-1-3/h40-42H,6-39H2,1-5H3;9H,2-8H2,1H3;2-3H,1H2;1H,(H,2,3). The third-order valence-corrected chi connectivity index (χ3v) is 13.4. The van der Waals surface area contributed by atoms with E-state index in [4.69, 9.17) is 19.4 Å². The monoisotopic (exact) mass is 879 g/mol. The number of allylic oxidation sites excluding steroid dienone is 1. The molecular weight excluding hydrogens is 769 g/mol. The fraction of sp³-hybridized carbons (Fsp3) is 0.909. The maximum absolute atomic E-state index is 10.1. The largest absolute Gasteiger partial charge is 0.483 e. The van der Waals surface area contributed by atoms with Crippen LogP contribution in [0.2, 0.25) is 0 Å². The summed E-state index contributed by atoms with van der Waals surface area (Å²) in [5.41, 5.74) is 0. The van der Waals surface area contributed by atoms with Crippen molar-refractivity contribution in [2.24, 2.45) is 11.8 Å². The van der Waals surface area contributed by atoms with Crippen LogP contribution in [-0.4, -0.2) is 86.9 Å². The van der Waals surface area contributed by atoms with Gasteiger partial charge in [-0.05, 0) is 50.8 Å². The van der Waals surface area contributed by atoms with Gasteiger partial charge in [-0.3, -0.25) is 9.59 Å². The van der Waals surface area contributed by atoms with E-state index in [2.05, 4.69) is 51.1 Å². The number of rotatable bonds is 42. The van der Waals surface area contributed by atoms with E-state index in [-0.39, 0.29) is 6.47 Å². The molecule has 0 aromatic heterocycles. The molecule has 1 heterocycles. The molecule has 0 aromatic carbocycles. The number of aldehydes is 2. The number of carbonyl (C=O) groups is 3. The summed E-state index contributed by atoms with van der Waals surface area (Å²) in [6.45, 7) is 18.0. The molecule has 0 bridgehead atoms. The molecule has 1 saturated heterocycles. The average Bonchev–Trinajstić information content (AvgIpc) is 3.29. The highest BCUT2D eigenvalue weighted by Gasteiger charge is 2.12. The first-order chi connectivity index (χ1) is 30.4. The lowest BCUT2D eigenvalue weighted by atomic mass is 9.95. The van der Waals surface area contributed by atoms with E-state index in [0.717, 1.165) is 44.2 Å². The molecule has 0 amide bonds. The van der Waals surface area contributed by atoms with Gasteiger partial charge in [-0.2, -0.15) is 0 Å². The van der Waals surface area contributed by atoms with Gasteiger partial charge in [-0.15, -0.1) is 0 Å². The van der Waals surface area contributed by atoms with Crippen molar-refractivity contribution < 1.29 is 24.2 Å². The van der Waals surface area contributed by atoms with Crippen molar-refractivity contribution in [2.75, 3.05) is 46.9 Å². The van der Waals surface area contributed by atoms with Crippen molar-refractivity contribution in [2.45, 2.75) is 265 Å². The molecule has 1 fully saturated rings. The average molecular weight is 879 g/mol. The van der Waals surface area contributed by atoms with Crippen molar-refractivity contribution in [1.29, 1.82) is 0 Å². The molecule has 0 aliphatic carbocycles. The lowest BCUT2D eigenvalue weighted by Gasteiger charge is -2.32. The Morgan fingerprint density at radius 3 is 1.02 bits per heavy atom. The molecule has 0 atom stereocenters. The second-order valence-corrected chi connectivity index (χ2v) is 18.5. The third-order valence-electron chi connectivity index (χ3n) is 13.4. The first-order valence-electron chi connectivity index (χ1n) is 26.9. The molecule has 62 heavy (non-hydrogen) atoms. The lowest BCUT2D eigenvalue weighted by molar-refractivity contribution is -0.123. The molecule has 0 spiro atoms. The Kier molecular flexibility index (Phi) is 60.0. The number of ether oxygens (including phenoxy) is 1. The molecule has 7 heteroatoms. The first-order valence-corrected chi connectivity index (χ1v) is 26.9. The molecule has 0 saturated carbocycles. The second kappa shape index (κ2) is 57.4. The van der Waals surface area contributed by atoms with Crippen LogP contribution in [0.3, 0.4) is 0 Å². The molecule has 370 valence electrons. The lowest BCUT2D eigenvalue weighted by Crippen LogP contribution is -2.44. The molecule has 1 rings (SSSR count). The van der Waals surface area contributed by atoms with Crippen LogP contribution in [-0.2, 0) is 19.1 Å². The summed E-state index contributed by atoms with van der Waals surface area (Å²) in [4.78, 5) is 32.3. The Balaban J connectivity index is -0.00000150. The number of carboxylic acid groups (broad SMARTS) is 1. The summed E-state index contributed by atoms with van der Waals surface area (Å²) in [7, 11) is 4.09. The number of hydrogen-bond acceptors (Lipinski definition) is 6. The normalized spacial score (nSPS) is 12.9. The van der Waals surface area contributed by atoms with Crippen LogP contribution >= 0.6 is 0 Å². The van der Waals surface area contributed by atoms with Gasteiger partial charge in [0.2, 0.25) is 0 Å². The summed E-state index contributed by atoms with van der Waals surface area (Å²) in [6.07, 6.45) is 53.9. The van der Waals surface area contributed by atoms with E-state index in [1.54, 1.807) is 0 Å². The molecule has 1 aliphatic heterocycles. The number of unbranched alkanes of at least 4 members (excludes halogenated alkanes) is 25. The molecule has 1 N–H and O–H groups in total. The SMILES string of the molecule is C=CC=O.CCC(CC)CCCCCCCCCCCCCCCC(CCCCCCCCCCCCCCCC(CC)CC)OC.CN1CCN(CCCC=O)CC1.O=CO. The van der Waals surface area contributed by atoms with Crippen molar-refractivity contribution in [3.8, 4) is 0 Å². The number of nitrogens with zero attached hydrogens (tertiary/aromatic N) is 2. The van der Waals surface area contributed by atoms with Crippen LogP contribution in [0, 0.1) is 11.8 Å². The van der Waals surface area contributed by atoms with Crippen LogP contribution in [0.15, 0.2) is 12.7 Å². The Morgan fingerprint density at radius 1 is 0.500 bits per heavy atom. The zero-order valence-corrected chi connectivity index (χ0v) is 42.7. The highest BCUT2D eigenvalue weighted by atomic mass is 16.5. The smallest absolute Gasteiger partial charge is 0.290 e. The van der Waals surface area contributed by atoms with Gasteiger partial charge in [0, 0.05) is 39.7 Å². The minimum atomic E-state index is -0.250. The Morgan fingerprint density at radius 2 is 0.774 bits per heavy atom. The maximum atomic E-state index is 10.1. The highest BCUT2D eigenvalue weighted by Crippen LogP contribution is 2.21. The van der Waals surface area contributed by atoms with Crippen molar-refractivity contribution >= 4 is 19.0 Å². The minimum absolute atomic E-state index is 0.250. The van der Waals surface area contributed by atoms with Crippen molar-refractivity contribution in [1.82, 2.24) is 9.80 Å². The topological polar surface area (TPSA) is 87.2 Å². The van der Waals surface area contributed by atoms with Gasteiger partial charge in [0.25, 0.3) is 6.47 Å². The van der Waals surface area contributed by atoms with E-state index >= 15 is 0 Å². The van der Waals surface area contributed by atoms with E-state index in [9.17, 15) is 4.79 Å². The van der Waals surface area contributed by atoms with Crippen LogP contribution in [0.1, 0.15) is 259 Å². The zero-order valence-electron chi connectivity index (χ0n) is 42.7. The van der Waals surface area contributed by atoms with Gasteiger partial charge in [-0.25, -0.2) is 0 Å². The van der Waals surface area contributed by atoms with Gasteiger partial charge >= 0.3 is 0 Å². The van der Waals surface area contributed by atoms with Gasteiger partial charge in [0.1, 0.15) is 12.6 Å².